The molecule has 162 valence electrons. The fourth-order valence-corrected chi connectivity index (χ4v) is 5.37. The van der Waals surface area contributed by atoms with Gasteiger partial charge in [-0.05, 0) is 98.3 Å². The van der Waals surface area contributed by atoms with E-state index in [2.05, 4.69) is 41.5 Å². The Kier molecular flexibility index (Phi) is 6.35. The molecule has 4 rings (SSSR count). The van der Waals surface area contributed by atoms with Crippen LogP contribution in [0.3, 0.4) is 0 Å². The van der Waals surface area contributed by atoms with Crippen LogP contribution in [-0.4, -0.2) is 42.9 Å². The van der Waals surface area contributed by atoms with Gasteiger partial charge in [0.2, 0.25) is 0 Å². The van der Waals surface area contributed by atoms with Crippen LogP contribution in [0.25, 0.3) is 0 Å². The summed E-state index contributed by atoms with van der Waals surface area (Å²) in [7, 11) is 0. The van der Waals surface area contributed by atoms with Gasteiger partial charge in [-0.1, -0.05) is 0 Å². The highest BCUT2D eigenvalue weighted by Crippen LogP contribution is 2.74. The molecular formula is C24H42O4. The molecule has 0 N–H and O–H groups in total. The molecule has 4 aliphatic carbocycles. The van der Waals surface area contributed by atoms with Crippen LogP contribution in [0, 0.1) is 16.7 Å². The molecule has 4 nitrogen and oxygen atoms in total. The Hall–Kier alpha value is -0.450. The molecule has 4 aliphatic rings. The van der Waals surface area contributed by atoms with E-state index < -0.39 is 0 Å². The minimum absolute atomic E-state index is 0.0189. The molecule has 0 spiro atoms. The summed E-state index contributed by atoms with van der Waals surface area (Å²) in [5, 5.41) is 0. The molecule has 4 heteroatoms. The van der Waals surface area contributed by atoms with E-state index in [0.717, 1.165) is 71.2 Å². The second-order valence-electron chi connectivity index (χ2n) is 11.8. The first-order valence-electron chi connectivity index (χ1n) is 11.4. The molecule has 0 aromatic rings. The van der Waals surface area contributed by atoms with Gasteiger partial charge in [-0.2, -0.15) is 0 Å². The number of ether oxygens (including phenoxy) is 3. The third-order valence-electron chi connectivity index (χ3n) is 6.53. The average molecular weight is 395 g/mol. The number of ketones is 1. The summed E-state index contributed by atoms with van der Waals surface area (Å²) >= 11 is 0. The molecule has 0 aromatic carbocycles. The number of carbonyl (C=O) groups is 1. The molecule has 0 aliphatic heterocycles. The monoisotopic (exact) mass is 394 g/mol. The van der Waals surface area contributed by atoms with Gasteiger partial charge < -0.3 is 14.2 Å². The predicted octanol–water partition coefficient (Wildman–Crippen LogP) is 5.32. The van der Waals surface area contributed by atoms with E-state index in [-0.39, 0.29) is 28.6 Å². The van der Waals surface area contributed by atoms with Crippen molar-refractivity contribution < 1.29 is 19.0 Å². The lowest BCUT2D eigenvalue weighted by Gasteiger charge is -2.70. The zero-order valence-corrected chi connectivity index (χ0v) is 19.1. The lowest BCUT2D eigenvalue weighted by atomic mass is 9.33. The molecule has 0 atom stereocenters. The van der Waals surface area contributed by atoms with Crippen molar-refractivity contribution in [2.24, 2.45) is 16.7 Å². The Morgan fingerprint density at radius 2 is 1.50 bits per heavy atom. The fraction of sp³-hybridized carbons (Fsp3) is 0.958. The predicted molar refractivity (Wildman–Crippen MR) is 111 cm³/mol. The number of rotatable bonds is 11. The van der Waals surface area contributed by atoms with Gasteiger partial charge in [-0.25, -0.2) is 0 Å². The Morgan fingerprint density at radius 1 is 0.893 bits per heavy atom. The number of unbranched alkanes of at least 4 members (excludes halogenated alkanes) is 2. The van der Waals surface area contributed by atoms with Crippen LogP contribution in [0.5, 0.6) is 0 Å². The minimum atomic E-state index is -0.101. The SMILES string of the molecule is CC(C)(C)OCCCCCOCC12CC(C(=O)C3CC(OC(C)(C)C)C3)(C1)C2. The summed E-state index contributed by atoms with van der Waals surface area (Å²) in [6.07, 6.45) is 8.71. The summed E-state index contributed by atoms with van der Waals surface area (Å²) < 4.78 is 17.7. The van der Waals surface area contributed by atoms with Crippen molar-refractivity contribution in [3.8, 4) is 0 Å². The van der Waals surface area contributed by atoms with Crippen LogP contribution in [0.4, 0.5) is 0 Å². The first-order chi connectivity index (χ1) is 12.9. The van der Waals surface area contributed by atoms with Crippen molar-refractivity contribution in [2.75, 3.05) is 19.8 Å². The quantitative estimate of drug-likeness (QED) is 0.445. The van der Waals surface area contributed by atoms with Gasteiger partial charge in [0.1, 0.15) is 5.78 Å². The highest BCUT2D eigenvalue weighted by molar-refractivity contribution is 5.91. The van der Waals surface area contributed by atoms with E-state index in [9.17, 15) is 4.79 Å². The lowest BCUT2D eigenvalue weighted by molar-refractivity contribution is -0.232. The molecule has 2 bridgehead atoms. The van der Waals surface area contributed by atoms with E-state index in [4.69, 9.17) is 14.2 Å². The van der Waals surface area contributed by atoms with Crippen molar-refractivity contribution in [2.45, 2.75) is 110 Å². The summed E-state index contributed by atoms with van der Waals surface area (Å²) in [6.45, 7) is 15.1. The summed E-state index contributed by atoms with van der Waals surface area (Å²) in [5.74, 6) is 0.781. The van der Waals surface area contributed by atoms with Gasteiger partial charge in [-0.15, -0.1) is 0 Å². The van der Waals surface area contributed by atoms with E-state index in [1.165, 1.54) is 0 Å². The van der Waals surface area contributed by atoms with Gasteiger partial charge in [0.05, 0.1) is 23.9 Å². The molecular weight excluding hydrogens is 352 g/mol. The first-order valence-corrected chi connectivity index (χ1v) is 11.4. The summed E-state index contributed by atoms with van der Waals surface area (Å²) in [5.41, 5.74) is 0.213. The summed E-state index contributed by atoms with van der Waals surface area (Å²) in [4.78, 5) is 12.9. The van der Waals surface area contributed by atoms with Gasteiger partial charge in [0.15, 0.2) is 0 Å². The second-order valence-corrected chi connectivity index (χ2v) is 11.8. The van der Waals surface area contributed by atoms with Crippen LogP contribution in [0.2, 0.25) is 0 Å². The van der Waals surface area contributed by atoms with E-state index in [1.807, 2.05) is 0 Å². The maximum absolute atomic E-state index is 12.9. The third-order valence-corrected chi connectivity index (χ3v) is 6.53. The standard InChI is InChI=1S/C24H42O4/c1-21(2,3)27-11-9-7-8-10-26-17-23-14-24(15-23,16-23)20(25)18-12-19(13-18)28-22(4,5)6/h18-19H,7-17H2,1-6H3. The second kappa shape index (κ2) is 8.00. The van der Waals surface area contributed by atoms with Crippen molar-refractivity contribution >= 4 is 5.78 Å². The number of hydrogen-bond acceptors (Lipinski definition) is 4. The smallest absolute Gasteiger partial charge is 0.142 e. The largest absolute Gasteiger partial charge is 0.381 e. The van der Waals surface area contributed by atoms with Gasteiger partial charge >= 0.3 is 0 Å². The summed E-state index contributed by atoms with van der Waals surface area (Å²) in [6, 6.07) is 0. The van der Waals surface area contributed by atoms with Gasteiger partial charge in [0, 0.05) is 24.5 Å². The van der Waals surface area contributed by atoms with E-state index in [1.54, 1.807) is 0 Å². The highest BCUT2D eigenvalue weighted by Gasteiger charge is 2.71. The molecule has 0 heterocycles. The minimum Gasteiger partial charge on any atom is -0.381 e. The number of hydrogen-bond donors (Lipinski definition) is 0. The molecule has 28 heavy (non-hydrogen) atoms. The number of carbonyl (C=O) groups excluding carboxylic acids is 1. The molecule has 0 unspecified atom stereocenters. The zero-order chi connectivity index (χ0) is 20.6. The zero-order valence-electron chi connectivity index (χ0n) is 19.1. The molecule has 0 aromatic heterocycles. The van der Waals surface area contributed by atoms with Crippen LogP contribution >= 0.6 is 0 Å². The Balaban J connectivity index is 1.22. The molecule has 0 amide bonds. The van der Waals surface area contributed by atoms with Crippen molar-refractivity contribution in [1.29, 1.82) is 0 Å². The molecule has 4 saturated carbocycles. The molecule has 0 saturated heterocycles. The topological polar surface area (TPSA) is 44.8 Å². The maximum atomic E-state index is 12.9. The van der Waals surface area contributed by atoms with E-state index in [0.29, 0.717) is 11.2 Å². The first kappa shape index (κ1) is 22.2. The Bertz CT molecular complexity index is 528. The normalized spacial score (nSPS) is 34.4. The van der Waals surface area contributed by atoms with Crippen molar-refractivity contribution in [3.05, 3.63) is 0 Å². The van der Waals surface area contributed by atoms with Gasteiger partial charge in [-0.3, -0.25) is 4.79 Å². The lowest BCUT2D eigenvalue weighted by Crippen LogP contribution is -2.68. The maximum Gasteiger partial charge on any atom is 0.142 e. The Morgan fingerprint density at radius 3 is 2.07 bits per heavy atom. The van der Waals surface area contributed by atoms with Crippen LogP contribution in [0.1, 0.15) is 92.9 Å². The van der Waals surface area contributed by atoms with Crippen molar-refractivity contribution in [3.63, 3.8) is 0 Å². The molecule has 4 fully saturated rings. The van der Waals surface area contributed by atoms with Crippen LogP contribution < -0.4 is 0 Å². The fourth-order valence-electron chi connectivity index (χ4n) is 5.37. The number of Topliss-reactive ketones (excluding diaryl/α,β-unsaturated/α-hetero) is 1. The third kappa shape index (κ3) is 5.37. The van der Waals surface area contributed by atoms with Crippen LogP contribution in [0.15, 0.2) is 0 Å². The average Bonchev–Trinajstić information content (AvgIpc) is 2.43. The van der Waals surface area contributed by atoms with E-state index >= 15 is 0 Å². The Labute approximate surface area is 172 Å². The highest BCUT2D eigenvalue weighted by atomic mass is 16.5. The van der Waals surface area contributed by atoms with Gasteiger partial charge in [0.25, 0.3) is 0 Å². The molecule has 0 radical (unpaired) electrons. The van der Waals surface area contributed by atoms with Crippen molar-refractivity contribution in [1.82, 2.24) is 0 Å². The van der Waals surface area contributed by atoms with Crippen LogP contribution in [-0.2, 0) is 19.0 Å².